The van der Waals surface area contributed by atoms with Gasteiger partial charge in [0.1, 0.15) is 11.2 Å². The maximum absolute atomic E-state index is 11.7. The van der Waals surface area contributed by atoms with Gasteiger partial charge in [-0.2, -0.15) is 0 Å². The smallest absolute Gasteiger partial charge is 0.407 e. The second kappa shape index (κ2) is 6.50. The quantitative estimate of drug-likeness (QED) is 0.726. The fourth-order valence-electron chi connectivity index (χ4n) is 2.84. The Hall–Kier alpha value is -0.850. The van der Waals surface area contributed by atoms with Crippen molar-refractivity contribution in [1.29, 1.82) is 0 Å². The highest BCUT2D eigenvalue weighted by atomic mass is 16.6. The number of hydrogen-bond donors (Lipinski definition) is 3. The van der Waals surface area contributed by atoms with Gasteiger partial charge in [0.05, 0.1) is 6.61 Å². The maximum Gasteiger partial charge on any atom is 0.407 e. The van der Waals surface area contributed by atoms with Crippen molar-refractivity contribution in [3.05, 3.63) is 0 Å². The number of amides is 1. The van der Waals surface area contributed by atoms with Crippen molar-refractivity contribution in [2.75, 3.05) is 19.8 Å². The van der Waals surface area contributed by atoms with Gasteiger partial charge in [0.25, 0.3) is 0 Å². The van der Waals surface area contributed by atoms with Gasteiger partial charge in [-0.3, -0.25) is 0 Å². The van der Waals surface area contributed by atoms with Crippen molar-refractivity contribution in [2.45, 2.75) is 69.7 Å². The normalized spacial score (nSPS) is 33.1. The Labute approximate surface area is 126 Å². The lowest BCUT2D eigenvalue weighted by Crippen LogP contribution is -2.45. The zero-order valence-corrected chi connectivity index (χ0v) is 13.3. The zero-order valence-electron chi connectivity index (χ0n) is 13.3. The molecule has 122 valence electrons. The molecular formula is C15H28N2O4. The molecule has 1 aliphatic carbocycles. The second-order valence-electron chi connectivity index (χ2n) is 7.26. The Kier molecular flexibility index (Phi) is 5.11. The number of carbonyl (C=O) groups excluding carboxylic acids is 1. The summed E-state index contributed by atoms with van der Waals surface area (Å²) in [6.45, 7) is 7.16. The van der Waals surface area contributed by atoms with Gasteiger partial charge < -0.3 is 25.2 Å². The minimum atomic E-state index is -0.726. The van der Waals surface area contributed by atoms with Crippen LogP contribution in [0.15, 0.2) is 0 Å². The minimum Gasteiger partial charge on any atom is -0.444 e. The molecule has 1 saturated heterocycles. The van der Waals surface area contributed by atoms with Crippen LogP contribution in [0, 0.1) is 0 Å². The summed E-state index contributed by atoms with van der Waals surface area (Å²) in [5.74, 6) is 0. The van der Waals surface area contributed by atoms with E-state index in [1.165, 1.54) is 0 Å². The molecular weight excluding hydrogens is 272 g/mol. The van der Waals surface area contributed by atoms with Crippen LogP contribution < -0.4 is 10.6 Å². The zero-order chi connectivity index (χ0) is 15.5. The number of aliphatic hydroxyl groups is 1. The third-order valence-electron chi connectivity index (χ3n) is 3.96. The highest BCUT2D eigenvalue weighted by Gasteiger charge is 2.34. The topological polar surface area (TPSA) is 79.8 Å². The van der Waals surface area contributed by atoms with Crippen LogP contribution in [0.5, 0.6) is 0 Å². The number of nitrogens with one attached hydrogen (secondary N) is 2. The summed E-state index contributed by atoms with van der Waals surface area (Å²) in [6, 6.07) is 0.474. The van der Waals surface area contributed by atoms with E-state index < -0.39 is 11.2 Å². The van der Waals surface area contributed by atoms with E-state index in [4.69, 9.17) is 9.47 Å². The van der Waals surface area contributed by atoms with E-state index in [2.05, 4.69) is 10.6 Å². The number of alkyl carbamates (subject to hydrolysis) is 1. The molecule has 2 rings (SSSR count). The van der Waals surface area contributed by atoms with Crippen molar-refractivity contribution in [3.63, 3.8) is 0 Å². The fourth-order valence-corrected chi connectivity index (χ4v) is 2.84. The van der Waals surface area contributed by atoms with Gasteiger partial charge in [-0.1, -0.05) is 0 Å². The first-order valence-corrected chi connectivity index (χ1v) is 7.79. The minimum absolute atomic E-state index is 0.145. The van der Waals surface area contributed by atoms with Gasteiger partial charge in [0.15, 0.2) is 0 Å². The van der Waals surface area contributed by atoms with E-state index in [0.29, 0.717) is 32.2 Å². The first-order valence-electron chi connectivity index (χ1n) is 7.79. The summed E-state index contributed by atoms with van der Waals surface area (Å²) in [7, 11) is 0. The van der Waals surface area contributed by atoms with Crippen LogP contribution in [0.1, 0.15) is 46.5 Å². The van der Waals surface area contributed by atoms with E-state index in [1.807, 2.05) is 20.8 Å². The van der Waals surface area contributed by atoms with Crippen molar-refractivity contribution >= 4 is 6.09 Å². The summed E-state index contributed by atoms with van der Waals surface area (Å²) < 4.78 is 10.5. The van der Waals surface area contributed by atoms with Gasteiger partial charge in [0, 0.05) is 31.7 Å². The molecule has 3 atom stereocenters. The molecule has 0 radical (unpaired) electrons. The molecule has 3 N–H and O–H groups in total. The lowest BCUT2D eigenvalue weighted by Gasteiger charge is -2.24. The van der Waals surface area contributed by atoms with Crippen LogP contribution >= 0.6 is 0 Å². The summed E-state index contributed by atoms with van der Waals surface area (Å²) >= 11 is 0. The molecule has 6 heteroatoms. The second-order valence-corrected chi connectivity index (χ2v) is 7.26. The average Bonchev–Trinajstić information content (AvgIpc) is 2.94. The third kappa shape index (κ3) is 5.45. The van der Waals surface area contributed by atoms with E-state index in [9.17, 15) is 9.90 Å². The largest absolute Gasteiger partial charge is 0.444 e. The Balaban J connectivity index is 1.67. The van der Waals surface area contributed by atoms with E-state index in [0.717, 1.165) is 19.3 Å². The maximum atomic E-state index is 11.7. The highest BCUT2D eigenvalue weighted by Crippen LogP contribution is 2.22. The molecule has 21 heavy (non-hydrogen) atoms. The van der Waals surface area contributed by atoms with Gasteiger partial charge in [0.2, 0.25) is 0 Å². The standard InChI is InChI=1S/C15H28N2O4/c1-14(2,3)21-13(18)17-12-5-4-11(8-12)16-9-15(19)6-7-20-10-15/h11-12,16,19H,4-10H2,1-3H3,(H,17,18). The van der Waals surface area contributed by atoms with E-state index in [1.54, 1.807) is 0 Å². The van der Waals surface area contributed by atoms with Crippen LogP contribution in [0.2, 0.25) is 0 Å². The Morgan fingerprint density at radius 2 is 2.10 bits per heavy atom. The van der Waals surface area contributed by atoms with Crippen LogP contribution in [-0.4, -0.2) is 54.2 Å². The Morgan fingerprint density at radius 1 is 1.38 bits per heavy atom. The van der Waals surface area contributed by atoms with Crippen molar-refractivity contribution in [2.24, 2.45) is 0 Å². The molecule has 0 bridgehead atoms. The van der Waals surface area contributed by atoms with Gasteiger partial charge >= 0.3 is 6.09 Å². The summed E-state index contributed by atoms with van der Waals surface area (Å²) in [6.07, 6.45) is 3.14. The Morgan fingerprint density at radius 3 is 2.71 bits per heavy atom. The number of ether oxygens (including phenoxy) is 2. The Bertz CT molecular complexity index is 361. The number of hydrogen-bond acceptors (Lipinski definition) is 5. The molecule has 1 heterocycles. The number of carbonyl (C=O) groups is 1. The molecule has 1 amide bonds. The predicted molar refractivity (Wildman–Crippen MR) is 79.2 cm³/mol. The predicted octanol–water partition coefficient (Wildman–Crippen LogP) is 1.17. The molecule has 0 aromatic heterocycles. The van der Waals surface area contributed by atoms with Crippen molar-refractivity contribution < 1.29 is 19.4 Å². The van der Waals surface area contributed by atoms with Gasteiger partial charge in [-0.05, 0) is 40.0 Å². The molecule has 3 unspecified atom stereocenters. The molecule has 1 aliphatic heterocycles. The van der Waals surface area contributed by atoms with Crippen LogP contribution in [-0.2, 0) is 9.47 Å². The first kappa shape index (κ1) is 16.5. The summed E-state index contributed by atoms with van der Waals surface area (Å²) in [4.78, 5) is 11.7. The monoisotopic (exact) mass is 300 g/mol. The summed E-state index contributed by atoms with van der Waals surface area (Å²) in [5, 5.41) is 16.5. The molecule has 6 nitrogen and oxygen atoms in total. The molecule has 0 aromatic carbocycles. The van der Waals surface area contributed by atoms with Crippen LogP contribution in [0.4, 0.5) is 4.79 Å². The third-order valence-corrected chi connectivity index (χ3v) is 3.96. The SMILES string of the molecule is CC(C)(C)OC(=O)NC1CCC(NCC2(O)CCOC2)C1. The lowest BCUT2D eigenvalue weighted by atomic mass is 10.0. The van der Waals surface area contributed by atoms with Crippen LogP contribution in [0.25, 0.3) is 0 Å². The van der Waals surface area contributed by atoms with Crippen LogP contribution in [0.3, 0.4) is 0 Å². The first-order chi connectivity index (χ1) is 9.76. The molecule has 1 saturated carbocycles. The molecule has 2 fully saturated rings. The van der Waals surface area contributed by atoms with Crippen molar-refractivity contribution in [3.8, 4) is 0 Å². The fraction of sp³-hybridized carbons (Fsp3) is 0.933. The van der Waals surface area contributed by atoms with Crippen molar-refractivity contribution in [1.82, 2.24) is 10.6 Å². The van der Waals surface area contributed by atoms with Gasteiger partial charge in [-0.25, -0.2) is 4.79 Å². The lowest BCUT2D eigenvalue weighted by molar-refractivity contribution is 0.0248. The average molecular weight is 300 g/mol. The van der Waals surface area contributed by atoms with E-state index >= 15 is 0 Å². The number of rotatable bonds is 4. The summed E-state index contributed by atoms with van der Waals surface area (Å²) in [5.41, 5.74) is -1.19. The highest BCUT2D eigenvalue weighted by molar-refractivity contribution is 5.68. The molecule has 2 aliphatic rings. The van der Waals surface area contributed by atoms with Gasteiger partial charge in [-0.15, -0.1) is 0 Å². The van der Waals surface area contributed by atoms with E-state index in [-0.39, 0.29) is 12.1 Å². The molecule has 0 aromatic rings. The molecule has 0 spiro atoms.